The summed E-state index contributed by atoms with van der Waals surface area (Å²) in [5, 5.41) is 9.90. The summed E-state index contributed by atoms with van der Waals surface area (Å²) >= 11 is 0. The smallest absolute Gasteiger partial charge is 0.323 e. The molecule has 4 heteroatoms. The number of methoxy groups -OCH3 is 1. The van der Waals surface area contributed by atoms with Crippen molar-refractivity contribution in [1.29, 1.82) is 0 Å². The van der Waals surface area contributed by atoms with E-state index in [0.717, 1.165) is 22.6 Å². The minimum absolute atomic E-state index is 0.353. The number of hydrogen-bond donors (Lipinski definition) is 0. The van der Waals surface area contributed by atoms with E-state index in [0.29, 0.717) is 0 Å². The third-order valence-corrected chi connectivity index (χ3v) is 3.70. The summed E-state index contributed by atoms with van der Waals surface area (Å²) in [6, 6.07) is 20.3. The van der Waals surface area contributed by atoms with Crippen molar-refractivity contribution >= 4 is 10.8 Å². The summed E-state index contributed by atoms with van der Waals surface area (Å²) in [6.45, 7) is 0. The zero-order valence-corrected chi connectivity index (χ0v) is 12.1. The van der Waals surface area contributed by atoms with E-state index >= 15 is 0 Å². The number of ether oxygens (including phenoxy) is 2. The maximum absolute atomic E-state index is 5.61. The molecule has 3 aromatic carbocycles. The van der Waals surface area contributed by atoms with Gasteiger partial charge < -0.3 is 9.47 Å². The normalized spacial score (nSPS) is 13.3. The van der Waals surface area contributed by atoms with Gasteiger partial charge >= 0.3 is 6.35 Å². The Morgan fingerprint density at radius 1 is 0.864 bits per heavy atom. The summed E-state index contributed by atoms with van der Waals surface area (Å²) in [4.78, 5) is 0. The maximum Gasteiger partial charge on any atom is 0.323 e. The predicted octanol–water partition coefficient (Wildman–Crippen LogP) is 4.64. The van der Waals surface area contributed by atoms with Crippen LogP contribution in [-0.4, -0.2) is 13.5 Å². The predicted molar refractivity (Wildman–Crippen MR) is 85.2 cm³/mol. The van der Waals surface area contributed by atoms with Gasteiger partial charge in [0.05, 0.1) is 7.11 Å². The van der Waals surface area contributed by atoms with E-state index in [9.17, 15) is 0 Å². The largest absolute Gasteiger partial charge is 0.496 e. The first-order valence-corrected chi connectivity index (χ1v) is 7.08. The van der Waals surface area contributed by atoms with Crippen molar-refractivity contribution in [1.82, 2.24) is 0 Å². The van der Waals surface area contributed by atoms with Crippen LogP contribution in [0.2, 0.25) is 0 Å². The van der Waals surface area contributed by atoms with Crippen LogP contribution in [0.5, 0.6) is 11.5 Å². The highest BCUT2D eigenvalue weighted by atomic mass is 16.5. The van der Waals surface area contributed by atoms with Crippen LogP contribution in [0.4, 0.5) is 0 Å². The number of hydrogen-bond acceptors (Lipinski definition) is 4. The molecule has 0 atom stereocenters. The van der Waals surface area contributed by atoms with Crippen LogP contribution < -0.4 is 9.47 Å². The second-order valence-electron chi connectivity index (χ2n) is 5.06. The lowest BCUT2D eigenvalue weighted by Crippen LogP contribution is -1.98. The molecule has 0 saturated carbocycles. The highest BCUT2D eigenvalue weighted by Crippen LogP contribution is 2.38. The van der Waals surface area contributed by atoms with Gasteiger partial charge in [-0.25, -0.2) is 0 Å². The van der Waals surface area contributed by atoms with E-state index in [4.69, 9.17) is 9.47 Å². The number of nitrogens with zero attached hydrogens (tertiary/aromatic N) is 2. The summed E-state index contributed by atoms with van der Waals surface area (Å²) < 4.78 is 11.1. The minimum atomic E-state index is -0.353. The summed E-state index contributed by atoms with van der Waals surface area (Å²) in [5.41, 5.74) is 2.11. The van der Waals surface area contributed by atoms with Crippen LogP contribution in [0.1, 0.15) is 0 Å². The lowest BCUT2D eigenvalue weighted by molar-refractivity contribution is 0.286. The van der Waals surface area contributed by atoms with E-state index in [2.05, 4.69) is 40.6 Å². The van der Waals surface area contributed by atoms with Crippen LogP contribution in [-0.2, 0) is 0 Å². The molecule has 0 aliphatic carbocycles. The van der Waals surface area contributed by atoms with Crippen LogP contribution in [0, 0.1) is 0 Å². The summed E-state index contributed by atoms with van der Waals surface area (Å²) in [5.74, 6) is 1.55. The van der Waals surface area contributed by atoms with E-state index in [1.54, 1.807) is 7.11 Å². The fraction of sp³-hybridized carbons (Fsp3) is 0.111. The fourth-order valence-corrected chi connectivity index (χ4v) is 2.63. The molecule has 1 aliphatic rings. The average Bonchev–Trinajstić information content (AvgIpc) is 3.38. The maximum atomic E-state index is 5.61. The van der Waals surface area contributed by atoms with Gasteiger partial charge in [-0.1, -0.05) is 42.5 Å². The van der Waals surface area contributed by atoms with Crippen LogP contribution in [0.25, 0.3) is 21.9 Å². The SMILES string of the molecule is COc1ccc(OC2N=N2)cc1-c1cccc2ccccc12. The Kier molecular flexibility index (Phi) is 3.00. The monoisotopic (exact) mass is 290 g/mol. The molecule has 1 heterocycles. The molecule has 0 spiro atoms. The highest BCUT2D eigenvalue weighted by Gasteiger charge is 2.18. The molecule has 0 unspecified atom stereocenters. The number of benzene rings is 3. The van der Waals surface area contributed by atoms with Crippen LogP contribution in [0.15, 0.2) is 70.9 Å². The van der Waals surface area contributed by atoms with Crippen LogP contribution >= 0.6 is 0 Å². The fourth-order valence-electron chi connectivity index (χ4n) is 2.63. The number of rotatable bonds is 4. The van der Waals surface area contributed by atoms with Crippen molar-refractivity contribution in [2.75, 3.05) is 7.11 Å². The zero-order valence-electron chi connectivity index (χ0n) is 12.1. The first-order chi connectivity index (χ1) is 10.8. The Labute approximate surface area is 128 Å². The minimum Gasteiger partial charge on any atom is -0.496 e. The second kappa shape index (κ2) is 5.15. The van der Waals surface area contributed by atoms with E-state index in [-0.39, 0.29) is 6.35 Å². The zero-order chi connectivity index (χ0) is 14.9. The third-order valence-electron chi connectivity index (χ3n) is 3.70. The highest BCUT2D eigenvalue weighted by molar-refractivity contribution is 5.98. The Bertz CT molecular complexity index is 863. The molecular weight excluding hydrogens is 276 g/mol. The topological polar surface area (TPSA) is 43.2 Å². The Morgan fingerprint density at radius 2 is 1.68 bits per heavy atom. The first kappa shape index (κ1) is 12.8. The molecule has 0 amide bonds. The Morgan fingerprint density at radius 3 is 2.50 bits per heavy atom. The van der Waals surface area contributed by atoms with Gasteiger partial charge in [-0.05, 0) is 34.5 Å². The molecule has 1 aliphatic heterocycles. The molecular formula is C18H14N2O2. The number of fused-ring (bicyclic) bond motifs is 1. The average molecular weight is 290 g/mol. The quantitative estimate of drug-likeness (QED) is 0.702. The first-order valence-electron chi connectivity index (χ1n) is 7.08. The van der Waals surface area contributed by atoms with Gasteiger partial charge in [0.15, 0.2) is 0 Å². The van der Waals surface area contributed by atoms with Crippen molar-refractivity contribution in [2.24, 2.45) is 10.2 Å². The van der Waals surface area contributed by atoms with E-state index in [1.807, 2.05) is 30.3 Å². The van der Waals surface area contributed by atoms with Gasteiger partial charge in [0.1, 0.15) is 11.5 Å². The van der Waals surface area contributed by atoms with Gasteiger partial charge in [-0.15, -0.1) is 10.2 Å². The molecule has 22 heavy (non-hydrogen) atoms. The standard InChI is InChI=1S/C18H14N2O2/c1-21-17-10-9-13(22-18-19-20-18)11-16(17)15-8-4-6-12-5-2-3-7-14(12)15/h2-11,18H,1H3. The molecule has 0 radical (unpaired) electrons. The van der Waals surface area contributed by atoms with Crippen molar-refractivity contribution in [3.63, 3.8) is 0 Å². The van der Waals surface area contributed by atoms with Gasteiger partial charge in [-0.2, -0.15) is 0 Å². The molecule has 4 nitrogen and oxygen atoms in total. The summed E-state index contributed by atoms with van der Waals surface area (Å²) in [7, 11) is 1.68. The molecule has 0 bridgehead atoms. The summed E-state index contributed by atoms with van der Waals surface area (Å²) in [6.07, 6.45) is -0.353. The Hall–Kier alpha value is -2.88. The second-order valence-corrected chi connectivity index (χ2v) is 5.06. The van der Waals surface area contributed by atoms with E-state index < -0.39 is 0 Å². The molecule has 3 aromatic rings. The van der Waals surface area contributed by atoms with Crippen molar-refractivity contribution in [3.8, 4) is 22.6 Å². The van der Waals surface area contributed by atoms with Gasteiger partial charge in [0.2, 0.25) is 0 Å². The van der Waals surface area contributed by atoms with Gasteiger partial charge in [0.25, 0.3) is 0 Å². The Balaban J connectivity index is 1.88. The lowest BCUT2D eigenvalue weighted by atomic mass is 9.97. The lowest BCUT2D eigenvalue weighted by Gasteiger charge is -2.13. The van der Waals surface area contributed by atoms with Gasteiger partial charge in [0, 0.05) is 5.56 Å². The molecule has 0 saturated heterocycles. The van der Waals surface area contributed by atoms with Gasteiger partial charge in [-0.3, -0.25) is 0 Å². The van der Waals surface area contributed by atoms with Crippen LogP contribution in [0.3, 0.4) is 0 Å². The van der Waals surface area contributed by atoms with Crippen molar-refractivity contribution in [3.05, 3.63) is 60.7 Å². The van der Waals surface area contributed by atoms with E-state index in [1.165, 1.54) is 10.8 Å². The van der Waals surface area contributed by atoms with Crippen molar-refractivity contribution in [2.45, 2.75) is 6.35 Å². The molecule has 0 aromatic heterocycles. The molecule has 0 N–H and O–H groups in total. The van der Waals surface area contributed by atoms with Crippen molar-refractivity contribution < 1.29 is 9.47 Å². The third kappa shape index (κ3) is 2.29. The molecule has 108 valence electrons. The molecule has 0 fully saturated rings. The molecule has 4 rings (SSSR count).